The van der Waals surface area contributed by atoms with E-state index >= 15 is 0 Å². The third kappa shape index (κ3) is 3.30. The van der Waals surface area contributed by atoms with Gasteiger partial charge in [-0.15, -0.1) is 0 Å². The summed E-state index contributed by atoms with van der Waals surface area (Å²) in [5.74, 6) is -0.271. The Labute approximate surface area is 119 Å². The van der Waals surface area contributed by atoms with Gasteiger partial charge in [-0.3, -0.25) is 4.79 Å². The fourth-order valence-electron chi connectivity index (χ4n) is 2.77. The van der Waals surface area contributed by atoms with Crippen LogP contribution in [0.25, 0.3) is 0 Å². The van der Waals surface area contributed by atoms with Crippen molar-refractivity contribution in [2.24, 2.45) is 0 Å². The number of aromatic nitrogens is 1. The van der Waals surface area contributed by atoms with Crippen LogP contribution in [0.15, 0.2) is 23.1 Å². The van der Waals surface area contributed by atoms with E-state index in [2.05, 4.69) is 0 Å². The smallest absolute Gasteiger partial charge is 0.329 e. The van der Waals surface area contributed by atoms with Crippen molar-refractivity contribution in [1.29, 1.82) is 0 Å². The SMILES string of the molecule is CCC(C(=O)OC1CCCCC1)n1cccc(C)c1=O. The summed E-state index contributed by atoms with van der Waals surface area (Å²) in [5, 5.41) is 0. The van der Waals surface area contributed by atoms with Gasteiger partial charge in [0.15, 0.2) is 0 Å². The second-order valence-electron chi connectivity index (χ2n) is 5.52. The first kappa shape index (κ1) is 14.8. The van der Waals surface area contributed by atoms with Crippen molar-refractivity contribution >= 4 is 5.97 Å². The molecule has 1 aliphatic rings. The monoisotopic (exact) mass is 277 g/mol. The van der Waals surface area contributed by atoms with Gasteiger partial charge in [-0.2, -0.15) is 0 Å². The highest BCUT2D eigenvalue weighted by atomic mass is 16.5. The minimum absolute atomic E-state index is 0.0332. The van der Waals surface area contributed by atoms with E-state index in [1.807, 2.05) is 6.92 Å². The molecule has 4 heteroatoms. The molecule has 1 aromatic heterocycles. The normalized spacial score (nSPS) is 17.7. The molecule has 1 aromatic rings. The lowest BCUT2D eigenvalue weighted by Crippen LogP contribution is -2.33. The van der Waals surface area contributed by atoms with E-state index < -0.39 is 6.04 Å². The van der Waals surface area contributed by atoms with Gasteiger partial charge < -0.3 is 9.30 Å². The van der Waals surface area contributed by atoms with Crippen LogP contribution in [0.5, 0.6) is 0 Å². The predicted molar refractivity (Wildman–Crippen MR) is 77.7 cm³/mol. The Hall–Kier alpha value is -1.58. The van der Waals surface area contributed by atoms with E-state index in [1.54, 1.807) is 25.3 Å². The van der Waals surface area contributed by atoms with Gasteiger partial charge in [0.05, 0.1) is 0 Å². The van der Waals surface area contributed by atoms with Crippen molar-refractivity contribution < 1.29 is 9.53 Å². The maximum absolute atomic E-state index is 12.3. The summed E-state index contributed by atoms with van der Waals surface area (Å²) in [4.78, 5) is 24.4. The average Bonchev–Trinajstić information content (AvgIpc) is 2.45. The molecule has 0 N–H and O–H groups in total. The first-order chi connectivity index (χ1) is 9.63. The predicted octanol–water partition coefficient (Wildman–Crippen LogP) is 2.98. The lowest BCUT2D eigenvalue weighted by atomic mass is 9.98. The lowest BCUT2D eigenvalue weighted by molar-refractivity contribution is -0.154. The molecule has 1 saturated carbocycles. The summed E-state index contributed by atoms with van der Waals surface area (Å²) in [5.41, 5.74) is 0.538. The first-order valence-electron chi connectivity index (χ1n) is 7.51. The van der Waals surface area contributed by atoms with Gasteiger partial charge in [-0.25, -0.2) is 4.79 Å². The van der Waals surface area contributed by atoms with Crippen LogP contribution in [0.2, 0.25) is 0 Å². The van der Waals surface area contributed by atoms with Crippen molar-refractivity contribution in [2.45, 2.75) is 64.5 Å². The Morgan fingerprint density at radius 3 is 2.75 bits per heavy atom. The van der Waals surface area contributed by atoms with Crippen LogP contribution in [-0.4, -0.2) is 16.6 Å². The molecule has 1 unspecified atom stereocenters. The maximum Gasteiger partial charge on any atom is 0.329 e. The molecule has 0 saturated heterocycles. The number of carbonyl (C=O) groups is 1. The molecule has 2 rings (SSSR count). The van der Waals surface area contributed by atoms with Crippen molar-refractivity contribution in [2.75, 3.05) is 0 Å². The Morgan fingerprint density at radius 1 is 1.40 bits per heavy atom. The highest BCUT2D eigenvalue weighted by Crippen LogP contribution is 2.22. The molecule has 0 aliphatic heterocycles. The molecular formula is C16H23NO3. The van der Waals surface area contributed by atoms with E-state index in [9.17, 15) is 9.59 Å². The van der Waals surface area contributed by atoms with Gasteiger partial charge >= 0.3 is 5.97 Å². The third-order valence-electron chi connectivity index (χ3n) is 3.99. The summed E-state index contributed by atoms with van der Waals surface area (Å²) < 4.78 is 7.10. The van der Waals surface area contributed by atoms with Crippen molar-refractivity contribution in [3.63, 3.8) is 0 Å². The first-order valence-corrected chi connectivity index (χ1v) is 7.51. The molecule has 1 aliphatic carbocycles. The second-order valence-corrected chi connectivity index (χ2v) is 5.52. The Kier molecular flexibility index (Phi) is 4.99. The molecule has 1 fully saturated rings. The van der Waals surface area contributed by atoms with Crippen molar-refractivity contribution in [1.82, 2.24) is 4.57 Å². The largest absolute Gasteiger partial charge is 0.461 e. The van der Waals surface area contributed by atoms with Crippen LogP contribution in [-0.2, 0) is 9.53 Å². The highest BCUT2D eigenvalue weighted by Gasteiger charge is 2.25. The topological polar surface area (TPSA) is 48.3 Å². The third-order valence-corrected chi connectivity index (χ3v) is 3.99. The van der Waals surface area contributed by atoms with E-state index in [0.717, 1.165) is 25.7 Å². The van der Waals surface area contributed by atoms with Crippen molar-refractivity contribution in [3.8, 4) is 0 Å². The minimum Gasteiger partial charge on any atom is -0.461 e. The summed E-state index contributed by atoms with van der Waals surface area (Å²) in [6, 6.07) is 3.05. The summed E-state index contributed by atoms with van der Waals surface area (Å²) >= 11 is 0. The molecule has 4 nitrogen and oxygen atoms in total. The fourth-order valence-corrected chi connectivity index (χ4v) is 2.77. The number of pyridine rings is 1. The van der Waals surface area contributed by atoms with Crippen LogP contribution >= 0.6 is 0 Å². The molecule has 0 bridgehead atoms. The number of hydrogen-bond acceptors (Lipinski definition) is 3. The summed E-state index contributed by atoms with van der Waals surface area (Å²) in [7, 11) is 0. The second kappa shape index (κ2) is 6.73. The lowest BCUT2D eigenvalue weighted by Gasteiger charge is -2.25. The number of esters is 1. The minimum atomic E-state index is -0.510. The molecule has 0 amide bonds. The summed E-state index contributed by atoms with van der Waals surface area (Å²) in [6.07, 6.45) is 7.64. The number of nitrogens with zero attached hydrogens (tertiary/aromatic N) is 1. The standard InChI is InChI=1S/C16H23NO3/c1-3-14(17-11-7-8-12(2)15(17)18)16(19)20-13-9-5-4-6-10-13/h7-8,11,13-14H,3-6,9-10H2,1-2H3. The quantitative estimate of drug-likeness (QED) is 0.795. The fraction of sp³-hybridized carbons (Fsp3) is 0.625. The van der Waals surface area contributed by atoms with E-state index in [0.29, 0.717) is 12.0 Å². The average molecular weight is 277 g/mol. The van der Waals surface area contributed by atoms with E-state index in [-0.39, 0.29) is 17.6 Å². The molecular weight excluding hydrogens is 254 g/mol. The van der Waals surface area contributed by atoms with Crippen molar-refractivity contribution in [3.05, 3.63) is 34.2 Å². The number of aryl methyl sites for hydroxylation is 1. The van der Waals surface area contributed by atoms with Crippen LogP contribution in [0.4, 0.5) is 0 Å². The van der Waals surface area contributed by atoms with Gasteiger partial charge in [-0.1, -0.05) is 19.4 Å². The highest BCUT2D eigenvalue weighted by molar-refractivity contribution is 5.74. The number of carbonyl (C=O) groups excluding carboxylic acids is 1. The van der Waals surface area contributed by atoms with E-state index in [4.69, 9.17) is 4.74 Å². The molecule has 110 valence electrons. The van der Waals surface area contributed by atoms with Gasteiger partial charge in [-0.05, 0) is 45.1 Å². The number of rotatable bonds is 4. The molecule has 1 atom stereocenters. The van der Waals surface area contributed by atoms with Crippen LogP contribution in [0.1, 0.15) is 57.1 Å². The Balaban J connectivity index is 2.12. The zero-order chi connectivity index (χ0) is 14.5. The zero-order valence-electron chi connectivity index (χ0n) is 12.3. The zero-order valence-corrected chi connectivity index (χ0v) is 12.3. The van der Waals surface area contributed by atoms with Crippen LogP contribution in [0.3, 0.4) is 0 Å². The molecule has 0 radical (unpaired) electrons. The number of ether oxygens (including phenoxy) is 1. The molecule has 0 spiro atoms. The molecule has 1 heterocycles. The van der Waals surface area contributed by atoms with Crippen LogP contribution in [0, 0.1) is 6.92 Å². The van der Waals surface area contributed by atoms with Gasteiger partial charge in [0.1, 0.15) is 12.1 Å². The maximum atomic E-state index is 12.3. The number of hydrogen-bond donors (Lipinski definition) is 0. The molecule has 0 aromatic carbocycles. The summed E-state index contributed by atoms with van der Waals surface area (Å²) in [6.45, 7) is 3.67. The van der Waals surface area contributed by atoms with Crippen LogP contribution < -0.4 is 5.56 Å². The van der Waals surface area contributed by atoms with E-state index in [1.165, 1.54) is 11.0 Å². The molecule has 20 heavy (non-hydrogen) atoms. The van der Waals surface area contributed by atoms with Gasteiger partial charge in [0, 0.05) is 11.8 Å². The Morgan fingerprint density at radius 2 is 2.10 bits per heavy atom. The van der Waals surface area contributed by atoms with Gasteiger partial charge in [0.25, 0.3) is 5.56 Å². The Bertz CT molecular complexity index is 515. The van der Waals surface area contributed by atoms with Gasteiger partial charge in [0.2, 0.25) is 0 Å².